The molecule has 0 aliphatic heterocycles. The lowest BCUT2D eigenvalue weighted by atomic mass is 10.2. The van der Waals surface area contributed by atoms with Crippen LogP contribution in [0.15, 0.2) is 54.6 Å². The van der Waals surface area contributed by atoms with Crippen molar-refractivity contribution in [1.29, 1.82) is 0 Å². The molecule has 142 valence electrons. The third kappa shape index (κ3) is 6.81. The Morgan fingerprint density at radius 2 is 1.63 bits per heavy atom. The number of nitrogens with one attached hydrogen (secondary N) is 3. The summed E-state index contributed by atoms with van der Waals surface area (Å²) in [5.74, 6) is -0.429. The van der Waals surface area contributed by atoms with Gasteiger partial charge in [0, 0.05) is 12.2 Å². The van der Waals surface area contributed by atoms with Crippen molar-refractivity contribution < 1.29 is 19.1 Å². The highest BCUT2D eigenvalue weighted by atomic mass is 16.5. The van der Waals surface area contributed by atoms with Crippen LogP contribution < -0.4 is 20.7 Å². The van der Waals surface area contributed by atoms with Crippen molar-refractivity contribution in [3.8, 4) is 5.75 Å². The second kappa shape index (κ2) is 9.96. The Kier molecular flexibility index (Phi) is 7.37. The van der Waals surface area contributed by atoms with Gasteiger partial charge in [-0.2, -0.15) is 0 Å². The molecule has 27 heavy (non-hydrogen) atoms. The molecule has 7 heteroatoms. The molecular weight excluding hydrogens is 346 g/mol. The number of imide groups is 1. The third-order valence-electron chi connectivity index (χ3n) is 3.45. The van der Waals surface area contributed by atoms with Gasteiger partial charge in [0.05, 0.1) is 5.56 Å². The molecule has 0 spiro atoms. The molecule has 7 nitrogen and oxygen atoms in total. The first-order valence-electron chi connectivity index (χ1n) is 8.61. The van der Waals surface area contributed by atoms with Gasteiger partial charge in [0.1, 0.15) is 5.75 Å². The van der Waals surface area contributed by atoms with E-state index in [0.29, 0.717) is 17.8 Å². The van der Waals surface area contributed by atoms with E-state index in [1.807, 2.05) is 32.0 Å². The van der Waals surface area contributed by atoms with E-state index in [0.717, 1.165) is 0 Å². The molecule has 0 fully saturated rings. The van der Waals surface area contributed by atoms with Crippen molar-refractivity contribution in [1.82, 2.24) is 10.6 Å². The van der Waals surface area contributed by atoms with Crippen molar-refractivity contribution in [2.75, 3.05) is 18.5 Å². The van der Waals surface area contributed by atoms with Crippen LogP contribution in [-0.4, -0.2) is 31.0 Å². The van der Waals surface area contributed by atoms with E-state index in [2.05, 4.69) is 16.0 Å². The molecule has 0 unspecified atom stereocenters. The summed E-state index contributed by atoms with van der Waals surface area (Å²) in [4.78, 5) is 35.9. The highest BCUT2D eigenvalue weighted by Gasteiger charge is 2.14. The fraction of sp³-hybridized carbons (Fsp3) is 0.250. The van der Waals surface area contributed by atoms with Gasteiger partial charge < -0.3 is 15.4 Å². The molecule has 0 atom stereocenters. The first kappa shape index (κ1) is 20.0. The SMILES string of the molecule is CC(C)CNC(=O)NC(=O)COc1ccccc1C(=O)Nc1ccccc1. The maximum Gasteiger partial charge on any atom is 0.321 e. The van der Waals surface area contributed by atoms with Gasteiger partial charge in [-0.25, -0.2) is 4.79 Å². The van der Waals surface area contributed by atoms with E-state index in [-0.39, 0.29) is 24.2 Å². The summed E-state index contributed by atoms with van der Waals surface area (Å²) in [5.41, 5.74) is 0.940. The van der Waals surface area contributed by atoms with E-state index in [9.17, 15) is 14.4 Å². The van der Waals surface area contributed by atoms with Crippen LogP contribution >= 0.6 is 0 Å². The van der Waals surface area contributed by atoms with Gasteiger partial charge in [0.2, 0.25) is 0 Å². The Balaban J connectivity index is 1.92. The lowest BCUT2D eigenvalue weighted by Crippen LogP contribution is -2.42. The number of para-hydroxylation sites is 2. The summed E-state index contributed by atoms with van der Waals surface area (Å²) in [6, 6.07) is 15.0. The second-order valence-electron chi connectivity index (χ2n) is 6.26. The van der Waals surface area contributed by atoms with Crippen LogP contribution in [0, 0.1) is 5.92 Å². The first-order valence-corrected chi connectivity index (χ1v) is 8.61. The summed E-state index contributed by atoms with van der Waals surface area (Å²) < 4.78 is 5.43. The number of urea groups is 1. The number of ether oxygens (including phenoxy) is 1. The van der Waals surface area contributed by atoms with Crippen molar-refractivity contribution in [2.45, 2.75) is 13.8 Å². The molecule has 0 aromatic heterocycles. The molecule has 0 saturated heterocycles. The number of hydrogen-bond donors (Lipinski definition) is 3. The highest BCUT2D eigenvalue weighted by molar-refractivity contribution is 6.06. The molecule has 0 heterocycles. The van der Waals surface area contributed by atoms with Crippen LogP contribution in [0.25, 0.3) is 0 Å². The maximum atomic E-state index is 12.5. The Labute approximate surface area is 158 Å². The number of anilines is 1. The summed E-state index contributed by atoms with van der Waals surface area (Å²) in [7, 11) is 0. The highest BCUT2D eigenvalue weighted by Crippen LogP contribution is 2.19. The molecule has 2 rings (SSSR count). The lowest BCUT2D eigenvalue weighted by Gasteiger charge is -2.12. The average Bonchev–Trinajstić information content (AvgIpc) is 2.65. The smallest absolute Gasteiger partial charge is 0.321 e. The molecule has 2 aromatic carbocycles. The molecule has 0 aliphatic carbocycles. The quantitative estimate of drug-likeness (QED) is 0.699. The molecule has 0 bridgehead atoms. The van der Waals surface area contributed by atoms with Crippen LogP contribution in [0.2, 0.25) is 0 Å². The molecular formula is C20H23N3O4. The second-order valence-corrected chi connectivity index (χ2v) is 6.26. The van der Waals surface area contributed by atoms with Crippen molar-refractivity contribution in [2.24, 2.45) is 5.92 Å². The number of hydrogen-bond acceptors (Lipinski definition) is 4. The normalized spacial score (nSPS) is 10.2. The Bertz CT molecular complexity index is 791. The first-order chi connectivity index (χ1) is 13.0. The maximum absolute atomic E-state index is 12.5. The molecule has 0 aliphatic rings. The molecule has 3 N–H and O–H groups in total. The third-order valence-corrected chi connectivity index (χ3v) is 3.45. The predicted octanol–water partition coefficient (Wildman–Crippen LogP) is 2.80. The van der Waals surface area contributed by atoms with Crippen LogP contribution in [0.4, 0.5) is 10.5 Å². The lowest BCUT2D eigenvalue weighted by molar-refractivity contribution is -0.122. The Hall–Kier alpha value is -3.35. The van der Waals surface area contributed by atoms with Crippen LogP contribution in [0.1, 0.15) is 24.2 Å². The largest absolute Gasteiger partial charge is 0.483 e. The van der Waals surface area contributed by atoms with Crippen molar-refractivity contribution >= 4 is 23.5 Å². The van der Waals surface area contributed by atoms with Crippen LogP contribution in [0.5, 0.6) is 5.75 Å². The predicted molar refractivity (Wildman–Crippen MR) is 103 cm³/mol. The minimum absolute atomic E-state index is 0.253. The summed E-state index contributed by atoms with van der Waals surface area (Å²) in [6.45, 7) is 3.97. The number of carbonyl (C=O) groups excluding carboxylic acids is 3. The van der Waals surface area contributed by atoms with E-state index < -0.39 is 11.9 Å². The van der Waals surface area contributed by atoms with Gasteiger partial charge in [0.25, 0.3) is 11.8 Å². The van der Waals surface area contributed by atoms with Gasteiger partial charge in [-0.1, -0.05) is 44.2 Å². The zero-order chi connectivity index (χ0) is 19.6. The number of amides is 4. The molecule has 0 saturated carbocycles. The molecule has 4 amide bonds. The van der Waals surface area contributed by atoms with E-state index in [4.69, 9.17) is 4.74 Å². The minimum atomic E-state index is -0.602. The topological polar surface area (TPSA) is 96.5 Å². The summed E-state index contributed by atoms with van der Waals surface area (Å²) >= 11 is 0. The van der Waals surface area contributed by atoms with Gasteiger partial charge in [0.15, 0.2) is 6.61 Å². The monoisotopic (exact) mass is 369 g/mol. The number of rotatable bonds is 7. The molecule has 0 radical (unpaired) electrons. The standard InChI is InChI=1S/C20H23N3O4/c1-14(2)12-21-20(26)23-18(24)13-27-17-11-7-6-10-16(17)19(25)22-15-8-4-3-5-9-15/h3-11,14H,12-13H2,1-2H3,(H,22,25)(H2,21,23,24,26). The summed E-state index contributed by atoms with van der Waals surface area (Å²) in [6.07, 6.45) is 0. The van der Waals surface area contributed by atoms with E-state index in [1.165, 1.54) is 0 Å². The number of benzene rings is 2. The number of carbonyl (C=O) groups is 3. The van der Waals surface area contributed by atoms with Crippen LogP contribution in [-0.2, 0) is 4.79 Å². The average molecular weight is 369 g/mol. The minimum Gasteiger partial charge on any atom is -0.483 e. The van der Waals surface area contributed by atoms with Crippen molar-refractivity contribution in [3.63, 3.8) is 0 Å². The van der Waals surface area contributed by atoms with Gasteiger partial charge in [-0.3, -0.25) is 14.9 Å². The molecule has 2 aromatic rings. The van der Waals surface area contributed by atoms with Crippen LogP contribution in [0.3, 0.4) is 0 Å². The fourth-order valence-electron chi connectivity index (χ4n) is 2.15. The summed E-state index contributed by atoms with van der Waals surface area (Å²) in [5, 5.41) is 7.52. The zero-order valence-corrected chi connectivity index (χ0v) is 15.3. The van der Waals surface area contributed by atoms with Crippen molar-refractivity contribution in [3.05, 3.63) is 60.2 Å². The zero-order valence-electron chi connectivity index (χ0n) is 15.3. The van der Waals surface area contributed by atoms with Gasteiger partial charge in [-0.05, 0) is 30.2 Å². The van der Waals surface area contributed by atoms with E-state index in [1.54, 1.807) is 36.4 Å². The Morgan fingerprint density at radius 3 is 2.33 bits per heavy atom. The van der Waals surface area contributed by atoms with Gasteiger partial charge >= 0.3 is 6.03 Å². The van der Waals surface area contributed by atoms with E-state index >= 15 is 0 Å². The van der Waals surface area contributed by atoms with Gasteiger partial charge in [-0.15, -0.1) is 0 Å². The Morgan fingerprint density at radius 1 is 0.963 bits per heavy atom. The fourth-order valence-corrected chi connectivity index (χ4v) is 2.15.